The Morgan fingerprint density at radius 2 is 2.16 bits per heavy atom. The van der Waals surface area contributed by atoms with Crippen LogP contribution in [0.1, 0.15) is 38.2 Å². The zero-order valence-corrected chi connectivity index (χ0v) is 16.1. The topological polar surface area (TPSA) is 51.0 Å². The third-order valence-electron chi connectivity index (χ3n) is 4.85. The monoisotopic (exact) mass is 358 g/mol. The van der Waals surface area contributed by atoms with Crippen LogP contribution >= 0.6 is 11.8 Å². The molecule has 1 aromatic heterocycles. The van der Waals surface area contributed by atoms with E-state index in [0.29, 0.717) is 11.8 Å². The van der Waals surface area contributed by atoms with Crippen LogP contribution in [0.5, 0.6) is 0 Å². The Bertz CT molecular complexity index is 743. The van der Waals surface area contributed by atoms with Gasteiger partial charge in [-0.1, -0.05) is 42.4 Å². The maximum atomic E-state index is 12.6. The minimum absolute atomic E-state index is 0.219. The average molecular weight is 359 g/mol. The lowest BCUT2D eigenvalue weighted by Gasteiger charge is -2.35. The predicted molar refractivity (Wildman–Crippen MR) is 102 cm³/mol. The SMILES string of the molecule is CC[C@@H]1CCCCN1C(=O)CSc1nnc(-c2cccc(C)c2)n1C. The third-order valence-corrected chi connectivity index (χ3v) is 5.86. The van der Waals surface area contributed by atoms with Gasteiger partial charge in [0.15, 0.2) is 11.0 Å². The predicted octanol–water partition coefficient (Wildman–Crippen LogP) is 3.67. The summed E-state index contributed by atoms with van der Waals surface area (Å²) in [6, 6.07) is 8.64. The molecule has 2 heterocycles. The van der Waals surface area contributed by atoms with Crippen molar-refractivity contribution in [1.82, 2.24) is 19.7 Å². The summed E-state index contributed by atoms with van der Waals surface area (Å²) in [5, 5.41) is 9.39. The fraction of sp³-hybridized carbons (Fsp3) is 0.526. The fourth-order valence-corrected chi connectivity index (χ4v) is 4.24. The van der Waals surface area contributed by atoms with Gasteiger partial charge in [-0.3, -0.25) is 4.79 Å². The highest BCUT2D eigenvalue weighted by Crippen LogP contribution is 2.25. The molecule has 0 bridgehead atoms. The number of aromatic nitrogens is 3. The van der Waals surface area contributed by atoms with Crippen LogP contribution in [0.2, 0.25) is 0 Å². The maximum absolute atomic E-state index is 12.6. The van der Waals surface area contributed by atoms with Crippen molar-refractivity contribution < 1.29 is 4.79 Å². The summed E-state index contributed by atoms with van der Waals surface area (Å²) in [5.41, 5.74) is 2.25. The first kappa shape index (κ1) is 18.0. The molecule has 25 heavy (non-hydrogen) atoms. The number of hydrogen-bond acceptors (Lipinski definition) is 4. The van der Waals surface area contributed by atoms with Gasteiger partial charge in [-0.05, 0) is 38.7 Å². The fourth-order valence-electron chi connectivity index (χ4n) is 3.44. The van der Waals surface area contributed by atoms with Crippen molar-refractivity contribution in [2.45, 2.75) is 50.7 Å². The Morgan fingerprint density at radius 3 is 2.92 bits per heavy atom. The minimum Gasteiger partial charge on any atom is -0.339 e. The van der Waals surface area contributed by atoms with Crippen LogP contribution < -0.4 is 0 Å². The van der Waals surface area contributed by atoms with Crippen LogP contribution in [0.3, 0.4) is 0 Å². The molecule has 1 atom stereocenters. The van der Waals surface area contributed by atoms with Crippen LogP contribution in [0.25, 0.3) is 11.4 Å². The number of rotatable bonds is 5. The van der Waals surface area contributed by atoms with Gasteiger partial charge in [0.1, 0.15) is 0 Å². The van der Waals surface area contributed by atoms with Crippen LogP contribution in [0, 0.1) is 6.92 Å². The summed E-state index contributed by atoms with van der Waals surface area (Å²) in [5.74, 6) is 1.48. The highest BCUT2D eigenvalue weighted by atomic mass is 32.2. The van der Waals surface area contributed by atoms with E-state index in [1.54, 1.807) is 0 Å². The molecule has 0 saturated carbocycles. The lowest BCUT2D eigenvalue weighted by Crippen LogP contribution is -2.44. The average Bonchev–Trinajstić information content (AvgIpc) is 3.00. The standard InChI is InChI=1S/C19H26N4OS/c1-4-16-10-5-6-11-23(16)17(24)13-25-19-21-20-18(22(19)3)15-9-7-8-14(2)12-15/h7-9,12,16H,4-6,10-11,13H2,1-3H3/t16-/m1/s1. The van der Waals surface area contributed by atoms with Crippen molar-refractivity contribution in [2.75, 3.05) is 12.3 Å². The Kier molecular flexibility index (Phi) is 5.78. The molecule has 1 aliphatic heterocycles. The van der Waals surface area contributed by atoms with Crippen molar-refractivity contribution >= 4 is 17.7 Å². The Balaban J connectivity index is 1.67. The lowest BCUT2D eigenvalue weighted by molar-refractivity contribution is -0.132. The molecule has 3 rings (SSSR count). The van der Waals surface area contributed by atoms with Crippen molar-refractivity contribution in [3.05, 3.63) is 29.8 Å². The Hall–Kier alpha value is -1.82. The van der Waals surface area contributed by atoms with E-state index in [1.165, 1.54) is 23.7 Å². The van der Waals surface area contributed by atoms with Gasteiger partial charge < -0.3 is 9.47 Å². The third kappa shape index (κ3) is 4.06. The summed E-state index contributed by atoms with van der Waals surface area (Å²) in [6.07, 6.45) is 4.53. The van der Waals surface area contributed by atoms with E-state index in [0.717, 1.165) is 42.4 Å². The van der Waals surface area contributed by atoms with Gasteiger partial charge in [0.05, 0.1) is 5.75 Å². The zero-order valence-electron chi connectivity index (χ0n) is 15.2. The largest absolute Gasteiger partial charge is 0.339 e. The number of nitrogens with zero attached hydrogens (tertiary/aromatic N) is 4. The molecule has 1 aromatic carbocycles. The lowest BCUT2D eigenvalue weighted by atomic mass is 10.0. The van der Waals surface area contributed by atoms with Crippen LogP contribution in [-0.2, 0) is 11.8 Å². The van der Waals surface area contributed by atoms with Crippen molar-refractivity contribution in [3.63, 3.8) is 0 Å². The maximum Gasteiger partial charge on any atom is 0.233 e. The summed E-state index contributed by atoms with van der Waals surface area (Å²) in [6.45, 7) is 5.13. The molecule has 134 valence electrons. The molecule has 1 aliphatic rings. The van der Waals surface area contributed by atoms with E-state index in [1.807, 2.05) is 23.7 Å². The first-order valence-corrected chi connectivity index (χ1v) is 9.97. The molecule has 0 aliphatic carbocycles. The van der Waals surface area contributed by atoms with Gasteiger partial charge in [0.2, 0.25) is 5.91 Å². The van der Waals surface area contributed by atoms with E-state index in [2.05, 4.69) is 41.1 Å². The Labute approximate surface area is 153 Å². The minimum atomic E-state index is 0.219. The molecule has 2 aromatic rings. The summed E-state index contributed by atoms with van der Waals surface area (Å²) < 4.78 is 1.97. The highest BCUT2D eigenvalue weighted by molar-refractivity contribution is 7.99. The first-order valence-electron chi connectivity index (χ1n) is 8.99. The summed E-state index contributed by atoms with van der Waals surface area (Å²) >= 11 is 1.48. The number of thioether (sulfide) groups is 1. The number of carbonyl (C=O) groups excluding carboxylic acids is 1. The smallest absolute Gasteiger partial charge is 0.233 e. The van der Waals surface area contributed by atoms with Crippen LogP contribution in [-0.4, -0.2) is 43.9 Å². The molecule has 5 nitrogen and oxygen atoms in total. The van der Waals surface area contributed by atoms with E-state index >= 15 is 0 Å². The molecule has 0 radical (unpaired) electrons. The van der Waals surface area contributed by atoms with Crippen molar-refractivity contribution in [2.24, 2.45) is 7.05 Å². The van der Waals surface area contributed by atoms with Gasteiger partial charge in [-0.15, -0.1) is 10.2 Å². The van der Waals surface area contributed by atoms with E-state index in [4.69, 9.17) is 0 Å². The number of benzene rings is 1. The Morgan fingerprint density at radius 1 is 1.32 bits per heavy atom. The normalized spacial score (nSPS) is 17.7. The zero-order chi connectivity index (χ0) is 17.8. The number of aryl methyl sites for hydroxylation is 1. The molecule has 1 amide bonds. The molecular formula is C19H26N4OS. The van der Waals surface area contributed by atoms with E-state index in [-0.39, 0.29) is 5.91 Å². The highest BCUT2D eigenvalue weighted by Gasteiger charge is 2.25. The van der Waals surface area contributed by atoms with Crippen molar-refractivity contribution in [1.29, 1.82) is 0 Å². The second kappa shape index (κ2) is 8.04. The van der Waals surface area contributed by atoms with Gasteiger partial charge in [-0.2, -0.15) is 0 Å². The van der Waals surface area contributed by atoms with Gasteiger partial charge in [0.25, 0.3) is 0 Å². The second-order valence-electron chi connectivity index (χ2n) is 6.67. The van der Waals surface area contributed by atoms with Crippen LogP contribution in [0.4, 0.5) is 0 Å². The molecule has 1 fully saturated rings. The van der Waals surface area contributed by atoms with Crippen molar-refractivity contribution in [3.8, 4) is 11.4 Å². The number of hydrogen-bond donors (Lipinski definition) is 0. The molecule has 0 N–H and O–H groups in total. The number of amides is 1. The second-order valence-corrected chi connectivity index (χ2v) is 7.61. The van der Waals surface area contributed by atoms with E-state index in [9.17, 15) is 4.79 Å². The molecule has 0 spiro atoms. The van der Waals surface area contributed by atoms with E-state index < -0.39 is 0 Å². The molecule has 6 heteroatoms. The number of carbonyl (C=O) groups is 1. The van der Waals surface area contributed by atoms with Gasteiger partial charge >= 0.3 is 0 Å². The first-order chi connectivity index (χ1) is 12.1. The summed E-state index contributed by atoms with van der Waals surface area (Å²) in [4.78, 5) is 14.7. The summed E-state index contributed by atoms with van der Waals surface area (Å²) in [7, 11) is 1.96. The quantitative estimate of drug-likeness (QED) is 0.765. The molecule has 0 unspecified atom stereocenters. The van der Waals surface area contributed by atoms with Gasteiger partial charge in [-0.25, -0.2) is 0 Å². The number of likely N-dealkylation sites (tertiary alicyclic amines) is 1. The van der Waals surface area contributed by atoms with Crippen LogP contribution in [0.15, 0.2) is 29.4 Å². The van der Waals surface area contributed by atoms with Gasteiger partial charge in [0, 0.05) is 25.2 Å². The molecule has 1 saturated heterocycles. The molecular weight excluding hydrogens is 332 g/mol. The number of piperidine rings is 1.